The molecule has 0 saturated carbocycles. The number of carbonyl (C=O) groups excluding carboxylic acids is 1. The number of rotatable bonds is 5. The standard InChI is InChI=1S/C20H22N6O/c1-4-6-15(5-2)24-19(27)17-9-18(13(3)10-22-17)26-8-7-16-14(12-26)11-23-20(21)25-16/h4-6,9-11H,1-2,7-8,12H2,3H3,(H,24,27)(H2,21,23,25)/b15-6+. The van der Waals surface area contributed by atoms with E-state index in [1.165, 1.54) is 0 Å². The molecule has 0 radical (unpaired) electrons. The first-order valence-electron chi connectivity index (χ1n) is 8.60. The number of nitrogens with zero attached hydrogens (tertiary/aromatic N) is 4. The number of hydrogen-bond acceptors (Lipinski definition) is 6. The first-order chi connectivity index (χ1) is 13.0. The predicted molar refractivity (Wildman–Crippen MR) is 106 cm³/mol. The zero-order chi connectivity index (χ0) is 19.4. The second-order valence-corrected chi connectivity index (χ2v) is 6.24. The topological polar surface area (TPSA) is 97.0 Å². The van der Waals surface area contributed by atoms with Crippen LogP contribution in [0.2, 0.25) is 0 Å². The minimum absolute atomic E-state index is 0.294. The van der Waals surface area contributed by atoms with Gasteiger partial charge in [0.2, 0.25) is 5.95 Å². The fourth-order valence-electron chi connectivity index (χ4n) is 3.00. The molecule has 1 aliphatic rings. The number of allylic oxidation sites excluding steroid dienone is 3. The van der Waals surface area contributed by atoms with Crippen LogP contribution in [-0.4, -0.2) is 27.4 Å². The lowest BCUT2D eigenvalue weighted by Gasteiger charge is -2.31. The van der Waals surface area contributed by atoms with E-state index >= 15 is 0 Å². The van der Waals surface area contributed by atoms with Crippen molar-refractivity contribution >= 4 is 17.5 Å². The first-order valence-corrected chi connectivity index (χ1v) is 8.60. The van der Waals surface area contributed by atoms with Gasteiger partial charge in [0.15, 0.2) is 0 Å². The zero-order valence-electron chi connectivity index (χ0n) is 15.3. The number of nitrogen functional groups attached to an aromatic ring is 1. The molecule has 3 heterocycles. The van der Waals surface area contributed by atoms with Gasteiger partial charge >= 0.3 is 0 Å². The fraction of sp³-hybridized carbons (Fsp3) is 0.200. The van der Waals surface area contributed by atoms with E-state index in [1.807, 2.05) is 13.0 Å². The summed E-state index contributed by atoms with van der Waals surface area (Å²) in [4.78, 5) is 27.4. The van der Waals surface area contributed by atoms with E-state index in [0.717, 1.165) is 35.5 Å². The summed E-state index contributed by atoms with van der Waals surface area (Å²) >= 11 is 0. The molecular formula is C20H22N6O. The second kappa shape index (κ2) is 7.82. The van der Waals surface area contributed by atoms with E-state index in [9.17, 15) is 4.79 Å². The van der Waals surface area contributed by atoms with E-state index in [-0.39, 0.29) is 5.91 Å². The maximum atomic E-state index is 12.5. The molecule has 138 valence electrons. The number of fused-ring (bicyclic) bond motifs is 1. The summed E-state index contributed by atoms with van der Waals surface area (Å²) in [6.07, 6.45) is 9.07. The summed E-state index contributed by atoms with van der Waals surface area (Å²) in [6, 6.07) is 1.81. The molecule has 0 bridgehead atoms. The van der Waals surface area contributed by atoms with Crippen LogP contribution in [-0.2, 0) is 13.0 Å². The van der Waals surface area contributed by atoms with Gasteiger partial charge in [-0.05, 0) is 30.7 Å². The Morgan fingerprint density at radius 3 is 2.89 bits per heavy atom. The van der Waals surface area contributed by atoms with Crippen LogP contribution in [0.15, 0.2) is 55.5 Å². The Bertz CT molecular complexity index is 934. The maximum Gasteiger partial charge on any atom is 0.274 e. The van der Waals surface area contributed by atoms with Crippen molar-refractivity contribution in [3.05, 3.63) is 78.1 Å². The van der Waals surface area contributed by atoms with Crippen molar-refractivity contribution in [2.45, 2.75) is 19.9 Å². The van der Waals surface area contributed by atoms with Gasteiger partial charge in [-0.1, -0.05) is 19.2 Å². The highest BCUT2D eigenvalue weighted by Crippen LogP contribution is 2.26. The Labute approximate surface area is 158 Å². The average Bonchev–Trinajstić information content (AvgIpc) is 2.67. The van der Waals surface area contributed by atoms with Crippen LogP contribution in [0.25, 0.3) is 0 Å². The predicted octanol–water partition coefficient (Wildman–Crippen LogP) is 2.31. The van der Waals surface area contributed by atoms with Gasteiger partial charge in [-0.2, -0.15) is 0 Å². The number of nitrogens with one attached hydrogen (secondary N) is 1. The van der Waals surface area contributed by atoms with E-state index in [0.29, 0.717) is 23.9 Å². The van der Waals surface area contributed by atoms with Crippen molar-refractivity contribution in [2.75, 3.05) is 17.2 Å². The minimum Gasteiger partial charge on any atom is -0.368 e. The largest absolute Gasteiger partial charge is 0.368 e. The summed E-state index contributed by atoms with van der Waals surface area (Å²) in [7, 11) is 0. The number of aryl methyl sites for hydroxylation is 1. The first kappa shape index (κ1) is 18.3. The van der Waals surface area contributed by atoms with E-state index in [2.05, 4.69) is 38.3 Å². The fourth-order valence-corrected chi connectivity index (χ4v) is 3.00. The highest BCUT2D eigenvalue weighted by atomic mass is 16.1. The van der Waals surface area contributed by atoms with Crippen LogP contribution in [0.5, 0.6) is 0 Å². The molecule has 1 aliphatic heterocycles. The number of anilines is 2. The molecule has 1 amide bonds. The maximum absolute atomic E-state index is 12.5. The molecule has 0 spiro atoms. The van der Waals surface area contributed by atoms with Crippen LogP contribution in [0, 0.1) is 6.92 Å². The van der Waals surface area contributed by atoms with Gasteiger partial charge in [0.25, 0.3) is 5.91 Å². The lowest BCUT2D eigenvalue weighted by Crippen LogP contribution is -2.32. The molecule has 0 saturated heterocycles. The smallest absolute Gasteiger partial charge is 0.274 e. The number of hydrogen-bond donors (Lipinski definition) is 2. The van der Waals surface area contributed by atoms with E-state index < -0.39 is 0 Å². The third-order valence-electron chi connectivity index (χ3n) is 4.38. The van der Waals surface area contributed by atoms with Crippen molar-refractivity contribution in [3.8, 4) is 0 Å². The third kappa shape index (κ3) is 4.03. The van der Waals surface area contributed by atoms with Crippen LogP contribution in [0.1, 0.15) is 27.3 Å². The summed E-state index contributed by atoms with van der Waals surface area (Å²) in [5.41, 5.74) is 10.6. The lowest BCUT2D eigenvalue weighted by atomic mass is 10.1. The Kier molecular flexibility index (Phi) is 5.30. The van der Waals surface area contributed by atoms with E-state index in [1.54, 1.807) is 30.6 Å². The third-order valence-corrected chi connectivity index (χ3v) is 4.38. The molecular weight excluding hydrogens is 340 g/mol. The molecule has 27 heavy (non-hydrogen) atoms. The molecule has 7 heteroatoms. The average molecular weight is 362 g/mol. The molecule has 0 fully saturated rings. The van der Waals surface area contributed by atoms with Crippen LogP contribution in [0.3, 0.4) is 0 Å². The molecule has 3 rings (SSSR count). The number of aromatic nitrogens is 3. The number of pyridine rings is 1. The van der Waals surface area contributed by atoms with Gasteiger partial charge in [0.1, 0.15) is 5.69 Å². The summed E-state index contributed by atoms with van der Waals surface area (Å²) in [6.45, 7) is 10.7. The van der Waals surface area contributed by atoms with Gasteiger partial charge in [-0.3, -0.25) is 9.78 Å². The van der Waals surface area contributed by atoms with Crippen molar-refractivity contribution < 1.29 is 4.79 Å². The Balaban J connectivity index is 1.85. The van der Waals surface area contributed by atoms with E-state index in [4.69, 9.17) is 5.73 Å². The number of amides is 1. The molecule has 7 nitrogen and oxygen atoms in total. The lowest BCUT2D eigenvalue weighted by molar-refractivity contribution is 0.0962. The highest BCUT2D eigenvalue weighted by Gasteiger charge is 2.21. The van der Waals surface area contributed by atoms with Crippen molar-refractivity contribution in [3.63, 3.8) is 0 Å². The van der Waals surface area contributed by atoms with Gasteiger partial charge in [-0.25, -0.2) is 9.97 Å². The second-order valence-electron chi connectivity index (χ2n) is 6.24. The summed E-state index contributed by atoms with van der Waals surface area (Å²) in [5, 5.41) is 2.77. The summed E-state index contributed by atoms with van der Waals surface area (Å²) < 4.78 is 0. The molecule has 3 N–H and O–H groups in total. The van der Waals surface area contributed by atoms with Crippen molar-refractivity contribution in [1.29, 1.82) is 0 Å². The Hall–Kier alpha value is -3.48. The number of nitrogens with two attached hydrogens (primary N) is 1. The summed E-state index contributed by atoms with van der Waals surface area (Å²) in [5.74, 6) is 0.00428. The normalized spacial score (nSPS) is 13.7. The molecule has 0 aromatic carbocycles. The van der Waals surface area contributed by atoms with Crippen molar-refractivity contribution in [2.24, 2.45) is 0 Å². The Morgan fingerprint density at radius 2 is 2.15 bits per heavy atom. The monoisotopic (exact) mass is 362 g/mol. The molecule has 0 aliphatic carbocycles. The molecule has 2 aromatic heterocycles. The Morgan fingerprint density at radius 1 is 1.33 bits per heavy atom. The minimum atomic E-state index is -0.294. The van der Waals surface area contributed by atoms with Crippen LogP contribution < -0.4 is 16.0 Å². The molecule has 0 unspecified atom stereocenters. The van der Waals surface area contributed by atoms with Gasteiger partial charge in [0, 0.05) is 48.9 Å². The number of carbonyl (C=O) groups is 1. The highest BCUT2D eigenvalue weighted by molar-refractivity contribution is 5.94. The van der Waals surface area contributed by atoms with Crippen molar-refractivity contribution in [1.82, 2.24) is 20.3 Å². The SMILES string of the molecule is C=C/C=C(\C=C)NC(=O)c1cc(N2CCc3nc(N)ncc3C2)c(C)cn1. The van der Waals surface area contributed by atoms with Crippen LogP contribution >= 0.6 is 0 Å². The van der Waals surface area contributed by atoms with Gasteiger partial charge in [-0.15, -0.1) is 0 Å². The molecule has 2 aromatic rings. The zero-order valence-corrected chi connectivity index (χ0v) is 15.3. The molecule has 0 atom stereocenters. The quantitative estimate of drug-likeness (QED) is 0.792. The van der Waals surface area contributed by atoms with Gasteiger partial charge in [0.05, 0.1) is 5.69 Å². The van der Waals surface area contributed by atoms with Gasteiger partial charge < -0.3 is 16.0 Å². The van der Waals surface area contributed by atoms with Crippen LogP contribution in [0.4, 0.5) is 11.6 Å².